The highest BCUT2D eigenvalue weighted by Gasteiger charge is 1.97. The standard InChI is InChI=1S/C7H9O4P/c8-11-12(9)10-6-7-4-2-1-3-5-7/h1-5,8,12H,6H2. The molecule has 5 heteroatoms. The Hall–Kier alpha value is -0.670. The molecule has 0 aromatic heterocycles. The SMILES string of the molecule is O=[PH](OO)OCc1ccccc1. The fraction of sp³-hybridized carbons (Fsp3) is 0.143. The van der Waals surface area contributed by atoms with Crippen LogP contribution in [0.1, 0.15) is 5.56 Å². The van der Waals surface area contributed by atoms with Crippen molar-refractivity contribution in [2.45, 2.75) is 6.61 Å². The summed E-state index contributed by atoms with van der Waals surface area (Å²) in [5, 5.41) is 7.92. The van der Waals surface area contributed by atoms with Gasteiger partial charge in [-0.2, -0.15) is 4.67 Å². The molecule has 1 aromatic carbocycles. The van der Waals surface area contributed by atoms with Crippen molar-refractivity contribution < 1.29 is 19.0 Å². The molecule has 0 bridgehead atoms. The van der Waals surface area contributed by atoms with E-state index < -0.39 is 8.25 Å². The van der Waals surface area contributed by atoms with Crippen molar-refractivity contribution in [1.29, 1.82) is 0 Å². The molecule has 0 fully saturated rings. The predicted octanol–water partition coefficient (Wildman–Crippen LogP) is 2.08. The van der Waals surface area contributed by atoms with Crippen LogP contribution in [-0.2, 0) is 20.4 Å². The van der Waals surface area contributed by atoms with Crippen LogP contribution in [0, 0.1) is 0 Å². The Balaban J connectivity index is 2.38. The molecule has 1 unspecified atom stereocenters. The third kappa shape index (κ3) is 3.15. The molecule has 4 nitrogen and oxygen atoms in total. The summed E-state index contributed by atoms with van der Waals surface area (Å²) in [7, 11) is -2.72. The Bertz CT molecular complexity index is 249. The van der Waals surface area contributed by atoms with E-state index in [-0.39, 0.29) is 6.61 Å². The third-order valence-electron chi connectivity index (χ3n) is 1.27. The molecule has 0 saturated heterocycles. The van der Waals surface area contributed by atoms with Crippen LogP contribution in [0.4, 0.5) is 0 Å². The van der Waals surface area contributed by atoms with Gasteiger partial charge >= 0.3 is 8.25 Å². The van der Waals surface area contributed by atoms with Crippen LogP contribution in [0.3, 0.4) is 0 Å². The van der Waals surface area contributed by atoms with Gasteiger partial charge in [0.05, 0.1) is 6.61 Å². The fourth-order valence-electron chi connectivity index (χ4n) is 0.743. The van der Waals surface area contributed by atoms with Gasteiger partial charge in [0.15, 0.2) is 0 Å². The normalized spacial score (nSPS) is 12.8. The van der Waals surface area contributed by atoms with Crippen molar-refractivity contribution in [3.05, 3.63) is 35.9 Å². The summed E-state index contributed by atoms with van der Waals surface area (Å²) in [5.74, 6) is 0. The van der Waals surface area contributed by atoms with E-state index in [1.807, 2.05) is 30.3 Å². The third-order valence-corrected chi connectivity index (χ3v) is 1.80. The van der Waals surface area contributed by atoms with Gasteiger partial charge in [-0.1, -0.05) is 30.3 Å². The first kappa shape index (κ1) is 9.42. The van der Waals surface area contributed by atoms with Gasteiger partial charge < -0.3 is 4.52 Å². The van der Waals surface area contributed by atoms with E-state index in [4.69, 9.17) is 5.26 Å². The molecule has 0 aliphatic rings. The maximum Gasteiger partial charge on any atom is 0.347 e. The van der Waals surface area contributed by atoms with E-state index in [9.17, 15) is 4.57 Å². The first-order valence-corrected chi connectivity index (χ1v) is 4.57. The first-order valence-electron chi connectivity index (χ1n) is 3.35. The van der Waals surface area contributed by atoms with E-state index in [1.54, 1.807) is 0 Å². The summed E-state index contributed by atoms with van der Waals surface area (Å²) >= 11 is 0. The van der Waals surface area contributed by atoms with Crippen LogP contribution < -0.4 is 0 Å². The summed E-state index contributed by atoms with van der Waals surface area (Å²) in [6.07, 6.45) is 0. The van der Waals surface area contributed by atoms with Crippen molar-refractivity contribution in [3.8, 4) is 0 Å². The lowest BCUT2D eigenvalue weighted by molar-refractivity contribution is -0.142. The number of benzene rings is 1. The molecular formula is C7H9O4P. The van der Waals surface area contributed by atoms with Gasteiger partial charge in [0, 0.05) is 0 Å². The zero-order valence-corrected chi connectivity index (χ0v) is 7.27. The van der Waals surface area contributed by atoms with Crippen molar-refractivity contribution in [1.82, 2.24) is 0 Å². The molecule has 66 valence electrons. The second-order valence-corrected chi connectivity index (χ2v) is 3.09. The van der Waals surface area contributed by atoms with E-state index in [2.05, 4.69) is 9.20 Å². The lowest BCUT2D eigenvalue weighted by Crippen LogP contribution is -1.85. The lowest BCUT2D eigenvalue weighted by atomic mass is 10.2. The predicted molar refractivity (Wildman–Crippen MR) is 43.9 cm³/mol. The molecule has 0 amide bonds. The molecule has 0 aliphatic carbocycles. The highest BCUT2D eigenvalue weighted by Crippen LogP contribution is 2.23. The van der Waals surface area contributed by atoms with Crippen molar-refractivity contribution >= 4 is 8.25 Å². The second kappa shape index (κ2) is 5.06. The Labute approximate surface area is 70.6 Å². The second-order valence-electron chi connectivity index (χ2n) is 2.12. The van der Waals surface area contributed by atoms with Gasteiger partial charge in [-0.15, -0.1) is 0 Å². The molecule has 12 heavy (non-hydrogen) atoms. The van der Waals surface area contributed by atoms with Crippen LogP contribution in [0.25, 0.3) is 0 Å². The van der Waals surface area contributed by atoms with Gasteiger partial charge in [0.25, 0.3) is 0 Å². The van der Waals surface area contributed by atoms with Crippen molar-refractivity contribution in [3.63, 3.8) is 0 Å². The average molecular weight is 188 g/mol. The fourth-order valence-corrected chi connectivity index (χ4v) is 1.08. The van der Waals surface area contributed by atoms with Gasteiger partial charge in [-0.05, 0) is 5.56 Å². The van der Waals surface area contributed by atoms with E-state index in [0.29, 0.717) is 0 Å². The quantitative estimate of drug-likeness (QED) is 0.446. The van der Waals surface area contributed by atoms with Gasteiger partial charge in [0.1, 0.15) is 0 Å². The monoisotopic (exact) mass is 188 g/mol. The van der Waals surface area contributed by atoms with Crippen molar-refractivity contribution in [2.24, 2.45) is 0 Å². The van der Waals surface area contributed by atoms with Crippen LogP contribution in [0.2, 0.25) is 0 Å². The highest BCUT2D eigenvalue weighted by atomic mass is 31.1. The Morgan fingerprint density at radius 1 is 1.33 bits per heavy atom. The topological polar surface area (TPSA) is 55.8 Å². The molecule has 0 heterocycles. The zero-order chi connectivity index (χ0) is 8.81. The summed E-state index contributed by atoms with van der Waals surface area (Å²) in [6, 6.07) is 9.21. The van der Waals surface area contributed by atoms with E-state index in [1.165, 1.54) is 0 Å². The molecule has 0 radical (unpaired) electrons. The Morgan fingerprint density at radius 2 is 2.00 bits per heavy atom. The number of hydrogen-bond acceptors (Lipinski definition) is 4. The molecule has 0 aliphatic heterocycles. The minimum atomic E-state index is -2.72. The minimum absolute atomic E-state index is 0.180. The number of rotatable bonds is 4. The number of hydrogen-bond donors (Lipinski definition) is 1. The van der Waals surface area contributed by atoms with E-state index in [0.717, 1.165) is 5.56 Å². The summed E-state index contributed by atoms with van der Waals surface area (Å²) in [5.41, 5.74) is 0.882. The van der Waals surface area contributed by atoms with Crippen LogP contribution in [0.5, 0.6) is 0 Å². The smallest absolute Gasteiger partial charge is 0.304 e. The molecule has 0 spiro atoms. The molecule has 1 rings (SSSR count). The van der Waals surface area contributed by atoms with Gasteiger partial charge in [-0.3, -0.25) is 4.57 Å². The maximum atomic E-state index is 10.5. The van der Waals surface area contributed by atoms with Crippen LogP contribution in [0.15, 0.2) is 30.3 Å². The Morgan fingerprint density at radius 3 is 2.58 bits per heavy atom. The lowest BCUT2D eigenvalue weighted by Gasteiger charge is -2.00. The van der Waals surface area contributed by atoms with Crippen molar-refractivity contribution in [2.75, 3.05) is 0 Å². The van der Waals surface area contributed by atoms with Gasteiger partial charge in [0.2, 0.25) is 0 Å². The molecule has 1 N–H and O–H groups in total. The first-order chi connectivity index (χ1) is 5.83. The summed E-state index contributed by atoms with van der Waals surface area (Å²) in [6.45, 7) is 0.180. The maximum absolute atomic E-state index is 10.5. The Kier molecular flexibility index (Phi) is 3.97. The molecule has 1 aromatic rings. The van der Waals surface area contributed by atoms with Crippen LogP contribution in [-0.4, -0.2) is 5.26 Å². The molecule has 1 atom stereocenters. The van der Waals surface area contributed by atoms with E-state index >= 15 is 0 Å². The molecule has 0 saturated carbocycles. The summed E-state index contributed by atoms with van der Waals surface area (Å²) in [4.78, 5) is 0. The largest absolute Gasteiger partial charge is 0.347 e. The molecular weight excluding hydrogens is 179 g/mol. The average Bonchev–Trinajstić information content (AvgIpc) is 2.16. The summed E-state index contributed by atoms with van der Waals surface area (Å²) < 4.78 is 18.6. The van der Waals surface area contributed by atoms with Crippen LogP contribution >= 0.6 is 8.25 Å². The van der Waals surface area contributed by atoms with Gasteiger partial charge in [-0.25, -0.2) is 5.26 Å². The zero-order valence-electron chi connectivity index (χ0n) is 6.27. The highest BCUT2D eigenvalue weighted by molar-refractivity contribution is 7.33. The minimum Gasteiger partial charge on any atom is -0.304 e.